The van der Waals surface area contributed by atoms with Crippen molar-refractivity contribution in [3.8, 4) is 0 Å². The Morgan fingerprint density at radius 1 is 1.12 bits per heavy atom. The Labute approximate surface area is 148 Å². The normalized spacial score (nSPS) is 24.6. The van der Waals surface area contributed by atoms with Crippen molar-refractivity contribution < 1.29 is 9.47 Å². The molecule has 0 amide bonds. The molecule has 2 atom stereocenters. The average Bonchev–Trinajstić information content (AvgIpc) is 3.30. The molecule has 6 heteroatoms. The molecule has 25 heavy (non-hydrogen) atoms. The molecule has 0 saturated carbocycles. The van der Waals surface area contributed by atoms with Crippen LogP contribution in [0.15, 0.2) is 37.1 Å². The molecule has 0 N–H and O–H groups in total. The molecule has 0 unspecified atom stereocenters. The van der Waals surface area contributed by atoms with Gasteiger partial charge in [-0.3, -0.25) is 9.88 Å². The van der Waals surface area contributed by atoms with Crippen LogP contribution in [0.1, 0.15) is 24.1 Å². The van der Waals surface area contributed by atoms with Crippen molar-refractivity contribution in [3.05, 3.63) is 48.3 Å². The van der Waals surface area contributed by atoms with Crippen LogP contribution in [0.2, 0.25) is 0 Å². The Morgan fingerprint density at radius 2 is 2.00 bits per heavy atom. The van der Waals surface area contributed by atoms with E-state index in [1.165, 1.54) is 5.56 Å². The van der Waals surface area contributed by atoms with Gasteiger partial charge in [0.25, 0.3) is 0 Å². The molecule has 6 nitrogen and oxygen atoms in total. The summed E-state index contributed by atoms with van der Waals surface area (Å²) in [5, 5.41) is 0. The molecule has 2 aromatic rings. The van der Waals surface area contributed by atoms with Crippen molar-refractivity contribution in [2.45, 2.75) is 38.0 Å². The third-order valence-corrected chi connectivity index (χ3v) is 5.01. The fourth-order valence-electron chi connectivity index (χ4n) is 3.63. The molecule has 0 aromatic carbocycles. The fraction of sp³-hybridized carbons (Fsp3) is 0.579. The van der Waals surface area contributed by atoms with Gasteiger partial charge in [0, 0.05) is 56.9 Å². The minimum Gasteiger partial charge on any atom is -0.379 e. The van der Waals surface area contributed by atoms with Gasteiger partial charge < -0.3 is 14.0 Å². The molecule has 0 spiro atoms. The van der Waals surface area contributed by atoms with Gasteiger partial charge in [-0.25, -0.2) is 4.98 Å². The van der Waals surface area contributed by atoms with Gasteiger partial charge >= 0.3 is 0 Å². The predicted octanol–water partition coefficient (Wildman–Crippen LogP) is 1.75. The molecule has 2 fully saturated rings. The summed E-state index contributed by atoms with van der Waals surface area (Å²) in [7, 11) is 0. The number of morpholine rings is 1. The second-order valence-electron chi connectivity index (χ2n) is 6.97. The summed E-state index contributed by atoms with van der Waals surface area (Å²) >= 11 is 0. The minimum absolute atomic E-state index is 0.304. The lowest BCUT2D eigenvalue weighted by Crippen LogP contribution is -2.41. The van der Waals surface area contributed by atoms with Gasteiger partial charge in [0.15, 0.2) is 0 Å². The van der Waals surface area contributed by atoms with E-state index in [-0.39, 0.29) is 0 Å². The summed E-state index contributed by atoms with van der Waals surface area (Å²) < 4.78 is 13.7. The number of hydrogen-bond acceptors (Lipinski definition) is 5. The zero-order chi connectivity index (χ0) is 16.9. The van der Waals surface area contributed by atoms with Crippen LogP contribution in [0.4, 0.5) is 0 Å². The first kappa shape index (κ1) is 16.7. The maximum atomic E-state index is 6.25. The van der Waals surface area contributed by atoms with E-state index in [4.69, 9.17) is 9.47 Å². The van der Waals surface area contributed by atoms with E-state index in [1.807, 2.05) is 23.3 Å². The second kappa shape index (κ2) is 8.08. The maximum Gasteiger partial charge on any atom is 0.0949 e. The van der Waals surface area contributed by atoms with E-state index in [9.17, 15) is 0 Å². The van der Waals surface area contributed by atoms with Crippen LogP contribution < -0.4 is 0 Å². The Bertz CT molecular complexity index is 638. The van der Waals surface area contributed by atoms with E-state index < -0.39 is 0 Å². The Hall–Kier alpha value is -1.76. The number of imidazole rings is 1. The highest BCUT2D eigenvalue weighted by Gasteiger charge is 2.27. The van der Waals surface area contributed by atoms with Crippen LogP contribution in [0, 0.1) is 0 Å². The number of rotatable bonds is 6. The van der Waals surface area contributed by atoms with E-state index in [1.54, 1.807) is 6.20 Å². The monoisotopic (exact) mass is 342 g/mol. The van der Waals surface area contributed by atoms with Gasteiger partial charge in [-0.15, -0.1) is 0 Å². The molecule has 2 saturated heterocycles. The molecule has 134 valence electrons. The Kier molecular flexibility index (Phi) is 5.40. The molecular weight excluding hydrogens is 316 g/mol. The van der Waals surface area contributed by atoms with Crippen LogP contribution in [0.5, 0.6) is 0 Å². The van der Waals surface area contributed by atoms with Gasteiger partial charge in [0.1, 0.15) is 0 Å². The third kappa shape index (κ3) is 4.66. The summed E-state index contributed by atoms with van der Waals surface area (Å²) in [5.74, 6) is 0. The van der Waals surface area contributed by atoms with Crippen molar-refractivity contribution in [3.63, 3.8) is 0 Å². The number of nitrogens with zero attached hydrogens (tertiary/aromatic N) is 4. The summed E-state index contributed by atoms with van der Waals surface area (Å²) in [6, 6.07) is 4.29. The molecule has 2 aromatic heterocycles. The zero-order valence-corrected chi connectivity index (χ0v) is 14.6. The van der Waals surface area contributed by atoms with E-state index in [2.05, 4.69) is 27.0 Å². The molecule has 0 bridgehead atoms. The summed E-state index contributed by atoms with van der Waals surface area (Å²) in [5.41, 5.74) is 2.31. The van der Waals surface area contributed by atoms with Crippen LogP contribution in [-0.2, 0) is 22.4 Å². The zero-order valence-electron chi connectivity index (χ0n) is 14.6. The van der Waals surface area contributed by atoms with Gasteiger partial charge in [-0.2, -0.15) is 0 Å². The average molecular weight is 342 g/mol. The van der Waals surface area contributed by atoms with Crippen molar-refractivity contribution >= 4 is 0 Å². The third-order valence-electron chi connectivity index (χ3n) is 5.01. The number of hydrogen-bond donors (Lipinski definition) is 0. The van der Waals surface area contributed by atoms with E-state index in [0.29, 0.717) is 12.2 Å². The Morgan fingerprint density at radius 3 is 2.76 bits per heavy atom. The van der Waals surface area contributed by atoms with E-state index >= 15 is 0 Å². The minimum atomic E-state index is 0.304. The SMILES string of the molecule is c1cn(Cc2ccc(C[C@@H]3CC[C@H](CN4CCOCC4)O3)nc2)cn1. The summed E-state index contributed by atoms with van der Waals surface area (Å²) in [6.45, 7) is 5.62. The molecular formula is C19H26N4O2. The highest BCUT2D eigenvalue weighted by atomic mass is 16.5. The van der Waals surface area contributed by atoms with E-state index in [0.717, 1.165) is 64.3 Å². The maximum absolute atomic E-state index is 6.25. The van der Waals surface area contributed by atoms with Crippen LogP contribution in [0.3, 0.4) is 0 Å². The van der Waals surface area contributed by atoms with Gasteiger partial charge in [-0.1, -0.05) is 6.07 Å². The van der Waals surface area contributed by atoms with Crippen LogP contribution in [0.25, 0.3) is 0 Å². The highest BCUT2D eigenvalue weighted by molar-refractivity contribution is 5.15. The standard InChI is InChI=1S/C19H26N4O2/c1-2-17(21-12-16(1)13-23-6-5-20-15-23)11-18-3-4-19(25-18)14-22-7-9-24-10-8-22/h1-2,5-6,12,15,18-19H,3-4,7-11,13-14H2/t18-,19+/m0/s1. The largest absolute Gasteiger partial charge is 0.379 e. The molecule has 4 heterocycles. The van der Waals surface area contributed by atoms with Crippen LogP contribution in [-0.4, -0.2) is 64.5 Å². The molecule has 4 rings (SSSR count). The highest BCUT2D eigenvalue weighted by Crippen LogP contribution is 2.23. The van der Waals surface area contributed by atoms with Crippen molar-refractivity contribution in [1.82, 2.24) is 19.4 Å². The number of ether oxygens (including phenoxy) is 2. The molecule has 0 radical (unpaired) electrons. The quantitative estimate of drug-likeness (QED) is 0.800. The smallest absolute Gasteiger partial charge is 0.0949 e. The first-order valence-electron chi connectivity index (χ1n) is 9.20. The van der Waals surface area contributed by atoms with Gasteiger partial charge in [0.2, 0.25) is 0 Å². The second-order valence-corrected chi connectivity index (χ2v) is 6.97. The molecule has 2 aliphatic rings. The topological polar surface area (TPSA) is 52.4 Å². The molecule has 0 aliphatic carbocycles. The lowest BCUT2D eigenvalue weighted by Gasteiger charge is -2.28. The predicted molar refractivity (Wildman–Crippen MR) is 94.4 cm³/mol. The molecule has 2 aliphatic heterocycles. The Balaban J connectivity index is 1.25. The lowest BCUT2D eigenvalue weighted by atomic mass is 10.1. The van der Waals surface area contributed by atoms with Crippen molar-refractivity contribution in [2.75, 3.05) is 32.8 Å². The van der Waals surface area contributed by atoms with Crippen molar-refractivity contribution in [2.24, 2.45) is 0 Å². The van der Waals surface area contributed by atoms with Gasteiger partial charge in [-0.05, 0) is 24.5 Å². The van der Waals surface area contributed by atoms with Gasteiger partial charge in [0.05, 0.1) is 31.7 Å². The number of aromatic nitrogens is 3. The van der Waals surface area contributed by atoms with Crippen LogP contribution >= 0.6 is 0 Å². The fourth-order valence-corrected chi connectivity index (χ4v) is 3.63. The number of pyridine rings is 1. The summed E-state index contributed by atoms with van der Waals surface area (Å²) in [6.07, 6.45) is 11.4. The van der Waals surface area contributed by atoms with Crippen molar-refractivity contribution in [1.29, 1.82) is 0 Å². The first-order chi connectivity index (χ1) is 12.3. The first-order valence-corrected chi connectivity index (χ1v) is 9.20. The summed E-state index contributed by atoms with van der Waals surface area (Å²) in [4.78, 5) is 11.1. The lowest BCUT2D eigenvalue weighted by molar-refractivity contribution is -0.0110.